The van der Waals surface area contributed by atoms with E-state index >= 15 is 0 Å². The Kier molecular flexibility index (Phi) is 4.40. The van der Waals surface area contributed by atoms with Crippen LogP contribution in [0, 0.1) is 12.7 Å². The number of aromatic hydroxyl groups is 1. The molecule has 1 aliphatic heterocycles. The standard InChI is InChI=1S/C23H18ClFN2O3/c1-11-20-21(13-4-7-16(24)17(25)8-13)22-18(26-23(20)30-27-11)9-14(10-19(22)29)12-2-5-15(28)6-3-12/h2-8,14,21,26,28H,9-10H2,1H3. The fourth-order valence-electron chi connectivity index (χ4n) is 4.48. The summed E-state index contributed by atoms with van der Waals surface area (Å²) in [7, 11) is 0. The van der Waals surface area contributed by atoms with Crippen molar-refractivity contribution < 1.29 is 18.8 Å². The molecule has 1 aromatic heterocycles. The number of rotatable bonds is 2. The summed E-state index contributed by atoms with van der Waals surface area (Å²) in [6.07, 6.45) is 0.926. The van der Waals surface area contributed by atoms with Gasteiger partial charge in [-0.3, -0.25) is 4.79 Å². The van der Waals surface area contributed by atoms with Gasteiger partial charge in [-0.2, -0.15) is 0 Å². The lowest BCUT2D eigenvalue weighted by Gasteiger charge is -2.34. The molecule has 7 heteroatoms. The molecule has 5 nitrogen and oxygen atoms in total. The normalized spacial score (nSPS) is 20.6. The minimum atomic E-state index is -0.532. The van der Waals surface area contributed by atoms with Gasteiger partial charge in [-0.15, -0.1) is 0 Å². The number of fused-ring (bicyclic) bond motifs is 1. The van der Waals surface area contributed by atoms with Crippen molar-refractivity contribution in [1.82, 2.24) is 5.16 Å². The van der Waals surface area contributed by atoms with Crippen LogP contribution in [-0.2, 0) is 4.79 Å². The third kappa shape index (κ3) is 2.99. The molecule has 2 N–H and O–H groups in total. The van der Waals surface area contributed by atoms with Crippen LogP contribution in [0.5, 0.6) is 5.75 Å². The SMILES string of the molecule is Cc1noc2c1C(c1ccc(Cl)c(F)c1)C1=C(CC(c3ccc(O)cc3)CC1=O)N2. The third-order valence-electron chi connectivity index (χ3n) is 5.90. The number of phenolic OH excluding ortho intramolecular Hbond substituents is 1. The smallest absolute Gasteiger partial charge is 0.233 e. The van der Waals surface area contributed by atoms with Crippen molar-refractivity contribution >= 4 is 23.3 Å². The molecule has 0 saturated carbocycles. The highest BCUT2D eigenvalue weighted by atomic mass is 35.5. The van der Waals surface area contributed by atoms with E-state index in [1.807, 2.05) is 12.1 Å². The van der Waals surface area contributed by atoms with Crippen LogP contribution in [0.2, 0.25) is 5.02 Å². The Morgan fingerprint density at radius 3 is 2.63 bits per heavy atom. The van der Waals surface area contributed by atoms with E-state index in [0.29, 0.717) is 35.6 Å². The second-order valence-electron chi connectivity index (χ2n) is 7.75. The number of nitrogens with one attached hydrogen (secondary N) is 1. The van der Waals surface area contributed by atoms with Gasteiger partial charge in [0.05, 0.1) is 16.3 Å². The molecule has 1 aliphatic carbocycles. The number of hydrogen-bond acceptors (Lipinski definition) is 5. The number of halogens is 2. The van der Waals surface area contributed by atoms with Gasteiger partial charge in [0.15, 0.2) is 5.78 Å². The number of aromatic nitrogens is 1. The zero-order valence-corrected chi connectivity index (χ0v) is 16.8. The predicted molar refractivity (Wildman–Crippen MR) is 110 cm³/mol. The van der Waals surface area contributed by atoms with Gasteiger partial charge in [0, 0.05) is 23.6 Å². The molecule has 0 bridgehead atoms. The molecule has 30 heavy (non-hydrogen) atoms. The topological polar surface area (TPSA) is 75.4 Å². The first kappa shape index (κ1) is 18.9. The van der Waals surface area contributed by atoms with Gasteiger partial charge >= 0.3 is 0 Å². The van der Waals surface area contributed by atoms with Gasteiger partial charge < -0.3 is 14.9 Å². The van der Waals surface area contributed by atoms with Crippen molar-refractivity contribution in [2.24, 2.45) is 0 Å². The van der Waals surface area contributed by atoms with Crippen molar-refractivity contribution in [2.45, 2.75) is 31.6 Å². The first-order chi connectivity index (χ1) is 14.4. The van der Waals surface area contributed by atoms with E-state index in [1.54, 1.807) is 25.1 Å². The number of ketones is 1. The van der Waals surface area contributed by atoms with Crippen LogP contribution in [0.3, 0.4) is 0 Å². The first-order valence-electron chi connectivity index (χ1n) is 9.65. The summed E-state index contributed by atoms with van der Waals surface area (Å²) in [5.41, 5.74) is 4.38. The Hall–Kier alpha value is -3.12. The molecular formula is C23H18ClFN2O3. The van der Waals surface area contributed by atoms with E-state index in [2.05, 4.69) is 10.5 Å². The number of allylic oxidation sites excluding steroid dienone is 2. The summed E-state index contributed by atoms with van der Waals surface area (Å²) >= 11 is 5.88. The second-order valence-corrected chi connectivity index (χ2v) is 8.16. The van der Waals surface area contributed by atoms with Crippen LogP contribution in [0.4, 0.5) is 10.3 Å². The molecule has 5 rings (SSSR count). The molecule has 3 aromatic rings. The van der Waals surface area contributed by atoms with Crippen LogP contribution < -0.4 is 5.32 Å². The molecule has 2 unspecified atom stereocenters. The summed E-state index contributed by atoms with van der Waals surface area (Å²) in [6.45, 7) is 1.81. The number of nitrogens with zero attached hydrogens (tertiary/aromatic N) is 1. The molecule has 152 valence electrons. The average Bonchev–Trinajstić information content (AvgIpc) is 3.09. The van der Waals surface area contributed by atoms with Crippen LogP contribution in [0.15, 0.2) is 58.3 Å². The van der Waals surface area contributed by atoms with Gasteiger partial charge in [0.1, 0.15) is 11.6 Å². The molecule has 2 aliphatic rings. The van der Waals surface area contributed by atoms with Crippen molar-refractivity contribution in [2.75, 3.05) is 5.32 Å². The lowest BCUT2D eigenvalue weighted by Crippen LogP contribution is -2.29. The van der Waals surface area contributed by atoms with Gasteiger partial charge in [0.2, 0.25) is 5.88 Å². The fourth-order valence-corrected chi connectivity index (χ4v) is 4.60. The second kappa shape index (κ2) is 6.99. The van der Waals surface area contributed by atoms with E-state index in [1.165, 1.54) is 12.1 Å². The summed E-state index contributed by atoms with van der Waals surface area (Å²) in [6, 6.07) is 11.5. The maximum atomic E-state index is 14.3. The zero-order valence-electron chi connectivity index (χ0n) is 16.1. The lowest BCUT2D eigenvalue weighted by atomic mass is 9.72. The Balaban J connectivity index is 1.62. The number of phenols is 1. The van der Waals surface area contributed by atoms with Crippen molar-refractivity contribution in [1.29, 1.82) is 0 Å². The van der Waals surface area contributed by atoms with E-state index in [0.717, 1.165) is 16.8 Å². The highest BCUT2D eigenvalue weighted by Gasteiger charge is 2.41. The molecule has 2 atom stereocenters. The van der Waals surface area contributed by atoms with E-state index in [4.69, 9.17) is 16.1 Å². The van der Waals surface area contributed by atoms with E-state index in [-0.39, 0.29) is 22.5 Å². The molecule has 0 spiro atoms. The number of carbonyl (C=O) groups is 1. The summed E-state index contributed by atoms with van der Waals surface area (Å²) in [4.78, 5) is 13.3. The first-order valence-corrected chi connectivity index (χ1v) is 10.0. The Labute approximate surface area is 177 Å². The predicted octanol–water partition coefficient (Wildman–Crippen LogP) is 5.44. The van der Waals surface area contributed by atoms with Crippen LogP contribution in [-0.4, -0.2) is 16.0 Å². The summed E-state index contributed by atoms with van der Waals surface area (Å²) in [5, 5.41) is 16.9. The van der Waals surface area contributed by atoms with Crippen LogP contribution in [0.25, 0.3) is 0 Å². The number of anilines is 1. The molecule has 0 amide bonds. The molecule has 2 heterocycles. The monoisotopic (exact) mass is 424 g/mol. The number of Topliss-reactive ketones (excluding diaryl/α,β-unsaturated/α-hetero) is 1. The van der Waals surface area contributed by atoms with Crippen molar-refractivity contribution in [3.8, 4) is 5.75 Å². The summed E-state index contributed by atoms with van der Waals surface area (Å²) < 4.78 is 19.7. The summed E-state index contributed by atoms with van der Waals surface area (Å²) in [5.74, 6) is -0.377. The Bertz CT molecular complexity index is 1200. The highest BCUT2D eigenvalue weighted by Crippen LogP contribution is 2.49. The third-order valence-corrected chi connectivity index (χ3v) is 6.21. The maximum absolute atomic E-state index is 14.3. The molecule has 0 saturated heterocycles. The van der Waals surface area contributed by atoms with Crippen LogP contribution >= 0.6 is 11.6 Å². The largest absolute Gasteiger partial charge is 0.508 e. The lowest BCUT2D eigenvalue weighted by molar-refractivity contribution is -0.116. The van der Waals surface area contributed by atoms with Gasteiger partial charge in [-0.1, -0.05) is 35.0 Å². The quantitative estimate of drug-likeness (QED) is 0.573. The van der Waals surface area contributed by atoms with Crippen LogP contribution in [0.1, 0.15) is 47.1 Å². The van der Waals surface area contributed by atoms with Crippen molar-refractivity contribution in [3.05, 3.63) is 87.0 Å². The minimum Gasteiger partial charge on any atom is -0.508 e. The molecule has 2 aromatic carbocycles. The van der Waals surface area contributed by atoms with E-state index < -0.39 is 11.7 Å². The highest BCUT2D eigenvalue weighted by molar-refractivity contribution is 6.30. The number of hydrogen-bond donors (Lipinski definition) is 2. The number of benzene rings is 2. The maximum Gasteiger partial charge on any atom is 0.233 e. The van der Waals surface area contributed by atoms with E-state index in [9.17, 15) is 14.3 Å². The van der Waals surface area contributed by atoms with Crippen molar-refractivity contribution in [3.63, 3.8) is 0 Å². The average molecular weight is 425 g/mol. The molecular weight excluding hydrogens is 407 g/mol. The zero-order chi connectivity index (χ0) is 21.0. The Morgan fingerprint density at radius 2 is 1.90 bits per heavy atom. The van der Waals surface area contributed by atoms with Gasteiger partial charge in [0.25, 0.3) is 0 Å². The number of carbonyl (C=O) groups excluding carboxylic acids is 1. The number of aryl methyl sites for hydroxylation is 1. The minimum absolute atomic E-state index is 0.00608. The van der Waals surface area contributed by atoms with Gasteiger partial charge in [-0.25, -0.2) is 4.39 Å². The fraction of sp³-hybridized carbons (Fsp3) is 0.217. The van der Waals surface area contributed by atoms with Gasteiger partial charge in [-0.05, 0) is 54.7 Å². The Morgan fingerprint density at radius 1 is 1.17 bits per heavy atom. The molecule has 0 fully saturated rings. The molecule has 0 radical (unpaired) electrons.